The predicted molar refractivity (Wildman–Crippen MR) is 64.6 cm³/mol. The van der Waals surface area contributed by atoms with Crippen molar-refractivity contribution in [2.45, 2.75) is 38.8 Å². The Labute approximate surface area is 106 Å². The summed E-state index contributed by atoms with van der Waals surface area (Å²) in [5.74, 6) is 0.835. The number of carbonyl (C=O) groups is 1. The lowest BCUT2D eigenvalue weighted by molar-refractivity contribution is -0.122. The molecule has 0 aliphatic carbocycles. The Morgan fingerprint density at radius 3 is 3.06 bits per heavy atom. The first-order valence-electron chi connectivity index (χ1n) is 6.01. The van der Waals surface area contributed by atoms with Crippen molar-refractivity contribution in [3.05, 3.63) is 11.7 Å². The molecule has 1 amide bonds. The van der Waals surface area contributed by atoms with Crippen molar-refractivity contribution in [3.63, 3.8) is 0 Å². The average molecular weight is 256 g/mol. The van der Waals surface area contributed by atoms with Crippen LogP contribution in [0.5, 0.6) is 0 Å². The van der Waals surface area contributed by atoms with Crippen LogP contribution in [0, 0.1) is 0 Å². The largest absolute Gasteiger partial charge is 0.377 e. The number of amides is 1. The highest BCUT2D eigenvalue weighted by atomic mass is 16.5. The van der Waals surface area contributed by atoms with Crippen LogP contribution in [0.1, 0.15) is 31.5 Å². The maximum atomic E-state index is 11.5. The second kappa shape index (κ2) is 7.78. The fourth-order valence-corrected chi connectivity index (χ4v) is 1.45. The molecule has 0 saturated carbocycles. The van der Waals surface area contributed by atoms with E-state index >= 15 is 0 Å². The molecule has 0 aliphatic rings. The molecule has 1 rings (SSSR count). The van der Waals surface area contributed by atoms with Crippen molar-refractivity contribution in [1.82, 2.24) is 15.5 Å². The minimum Gasteiger partial charge on any atom is -0.377 e. The number of ether oxygens (including phenoxy) is 1. The number of hydrogen-bond donors (Lipinski definition) is 2. The monoisotopic (exact) mass is 256 g/mol. The highest BCUT2D eigenvalue weighted by Gasteiger charge is 2.12. The Kier molecular flexibility index (Phi) is 6.31. The first-order chi connectivity index (χ1) is 8.67. The van der Waals surface area contributed by atoms with Crippen molar-refractivity contribution in [2.75, 3.05) is 13.7 Å². The van der Waals surface area contributed by atoms with Crippen molar-refractivity contribution < 1.29 is 14.1 Å². The van der Waals surface area contributed by atoms with Crippen LogP contribution in [0.25, 0.3) is 0 Å². The van der Waals surface area contributed by atoms with Gasteiger partial charge in [0.15, 0.2) is 5.82 Å². The molecule has 1 atom stereocenters. The average Bonchev–Trinajstić information content (AvgIpc) is 2.77. The zero-order valence-electron chi connectivity index (χ0n) is 10.8. The first kappa shape index (κ1) is 14.6. The molecule has 1 aromatic rings. The van der Waals surface area contributed by atoms with Crippen molar-refractivity contribution in [1.29, 1.82) is 0 Å². The van der Waals surface area contributed by atoms with E-state index < -0.39 is 6.04 Å². The molecule has 0 saturated heterocycles. The van der Waals surface area contributed by atoms with Crippen LogP contribution in [-0.2, 0) is 22.6 Å². The Morgan fingerprint density at radius 2 is 2.39 bits per heavy atom. The number of nitrogens with two attached hydrogens (primary N) is 1. The molecule has 0 radical (unpaired) electrons. The number of nitrogens with one attached hydrogen (secondary N) is 1. The molecule has 3 N–H and O–H groups in total. The zero-order valence-corrected chi connectivity index (χ0v) is 10.8. The third kappa shape index (κ3) is 4.80. The molecular formula is C11H20N4O3. The van der Waals surface area contributed by atoms with Crippen molar-refractivity contribution in [3.8, 4) is 0 Å². The van der Waals surface area contributed by atoms with Gasteiger partial charge in [-0.2, -0.15) is 4.98 Å². The molecular weight excluding hydrogens is 236 g/mol. The smallest absolute Gasteiger partial charge is 0.236 e. The Hall–Kier alpha value is -1.47. The van der Waals surface area contributed by atoms with Gasteiger partial charge in [-0.15, -0.1) is 0 Å². The van der Waals surface area contributed by atoms with Crippen molar-refractivity contribution in [2.24, 2.45) is 5.73 Å². The van der Waals surface area contributed by atoms with Gasteiger partial charge < -0.3 is 20.3 Å². The van der Waals surface area contributed by atoms with Crippen LogP contribution in [0.3, 0.4) is 0 Å². The molecule has 1 heterocycles. The Morgan fingerprint density at radius 1 is 1.61 bits per heavy atom. The van der Waals surface area contributed by atoms with Gasteiger partial charge in [0.2, 0.25) is 11.8 Å². The molecule has 0 aromatic carbocycles. The topological polar surface area (TPSA) is 103 Å². The third-order valence-electron chi connectivity index (χ3n) is 2.36. The maximum absolute atomic E-state index is 11.5. The number of aromatic nitrogens is 2. The number of rotatable bonds is 8. The molecule has 0 bridgehead atoms. The summed E-state index contributed by atoms with van der Waals surface area (Å²) >= 11 is 0. The number of carbonyl (C=O) groups excluding carboxylic acids is 1. The first-order valence-corrected chi connectivity index (χ1v) is 6.01. The van der Waals surface area contributed by atoms with E-state index in [-0.39, 0.29) is 5.91 Å². The summed E-state index contributed by atoms with van der Waals surface area (Å²) in [6.07, 6.45) is 2.06. The van der Waals surface area contributed by atoms with E-state index in [9.17, 15) is 4.79 Å². The number of nitrogens with zero attached hydrogens (tertiary/aromatic N) is 2. The molecule has 102 valence electrons. The van der Waals surface area contributed by atoms with E-state index in [0.717, 1.165) is 6.42 Å². The van der Waals surface area contributed by atoms with Crippen LogP contribution in [-0.4, -0.2) is 35.7 Å². The summed E-state index contributed by atoms with van der Waals surface area (Å²) in [4.78, 5) is 15.6. The van der Waals surface area contributed by atoms with Gasteiger partial charge in [0.25, 0.3) is 0 Å². The standard InChI is InChI=1S/C11H20N4O3/c1-3-4-8(12)11(16)13-6-5-10-14-9(7-17-2)15-18-10/h8H,3-7,12H2,1-2H3,(H,13,16)/t8-/m0/s1. The van der Waals surface area contributed by atoms with Gasteiger partial charge in [-0.25, -0.2) is 0 Å². The molecule has 7 heteroatoms. The van der Waals surface area contributed by atoms with E-state index in [1.807, 2.05) is 6.92 Å². The molecule has 18 heavy (non-hydrogen) atoms. The minimum atomic E-state index is -0.443. The van der Waals surface area contributed by atoms with Gasteiger partial charge in [0, 0.05) is 20.1 Å². The molecule has 0 fully saturated rings. The lowest BCUT2D eigenvalue weighted by Gasteiger charge is -2.09. The van der Waals surface area contributed by atoms with Crippen molar-refractivity contribution >= 4 is 5.91 Å². The molecule has 0 spiro atoms. The van der Waals surface area contributed by atoms with Gasteiger partial charge in [-0.3, -0.25) is 4.79 Å². The second-order valence-electron chi connectivity index (χ2n) is 3.97. The highest BCUT2D eigenvalue weighted by molar-refractivity contribution is 5.81. The SMILES string of the molecule is CCC[C@H](N)C(=O)NCCc1nc(COC)no1. The Bertz CT molecular complexity index is 367. The van der Waals surface area contributed by atoms with E-state index in [0.29, 0.717) is 37.7 Å². The Balaban J connectivity index is 2.26. The van der Waals surface area contributed by atoms with Crippen LogP contribution in [0.2, 0.25) is 0 Å². The van der Waals surface area contributed by atoms with Gasteiger partial charge in [-0.1, -0.05) is 18.5 Å². The van der Waals surface area contributed by atoms with Crippen LogP contribution >= 0.6 is 0 Å². The van der Waals surface area contributed by atoms with Gasteiger partial charge in [0.1, 0.15) is 6.61 Å². The van der Waals surface area contributed by atoms with E-state index in [1.54, 1.807) is 7.11 Å². The minimum absolute atomic E-state index is 0.145. The van der Waals surface area contributed by atoms with Gasteiger partial charge >= 0.3 is 0 Å². The summed E-state index contributed by atoms with van der Waals surface area (Å²) in [6, 6.07) is -0.443. The molecule has 1 aromatic heterocycles. The summed E-state index contributed by atoms with van der Waals surface area (Å²) < 4.78 is 9.85. The lowest BCUT2D eigenvalue weighted by atomic mass is 10.2. The maximum Gasteiger partial charge on any atom is 0.236 e. The quantitative estimate of drug-likeness (QED) is 0.678. The van der Waals surface area contributed by atoms with Crippen LogP contribution < -0.4 is 11.1 Å². The fraction of sp³-hybridized carbons (Fsp3) is 0.727. The summed E-state index contributed by atoms with van der Waals surface area (Å²) in [5, 5.41) is 6.45. The van der Waals surface area contributed by atoms with Gasteiger partial charge in [-0.05, 0) is 6.42 Å². The van der Waals surface area contributed by atoms with E-state index in [2.05, 4.69) is 15.5 Å². The third-order valence-corrected chi connectivity index (χ3v) is 2.36. The number of hydrogen-bond acceptors (Lipinski definition) is 6. The second-order valence-corrected chi connectivity index (χ2v) is 3.97. The van der Waals surface area contributed by atoms with Crippen LogP contribution in [0.15, 0.2) is 4.52 Å². The highest BCUT2D eigenvalue weighted by Crippen LogP contribution is 1.99. The summed E-state index contributed by atoms with van der Waals surface area (Å²) in [5.41, 5.74) is 5.67. The number of methoxy groups -OCH3 is 1. The lowest BCUT2D eigenvalue weighted by Crippen LogP contribution is -2.41. The summed E-state index contributed by atoms with van der Waals surface area (Å²) in [7, 11) is 1.56. The normalized spacial score (nSPS) is 12.4. The zero-order chi connectivity index (χ0) is 13.4. The van der Waals surface area contributed by atoms with Gasteiger partial charge in [0.05, 0.1) is 6.04 Å². The molecule has 0 unspecified atom stereocenters. The predicted octanol–water partition coefficient (Wildman–Crippen LogP) is 0.00210. The fourth-order valence-electron chi connectivity index (χ4n) is 1.45. The van der Waals surface area contributed by atoms with E-state index in [4.69, 9.17) is 15.0 Å². The summed E-state index contributed by atoms with van der Waals surface area (Å²) in [6.45, 7) is 2.74. The molecule has 0 aliphatic heterocycles. The van der Waals surface area contributed by atoms with E-state index in [1.165, 1.54) is 0 Å². The molecule has 7 nitrogen and oxygen atoms in total. The van der Waals surface area contributed by atoms with Crippen LogP contribution in [0.4, 0.5) is 0 Å².